The predicted octanol–water partition coefficient (Wildman–Crippen LogP) is 3.29. The molecule has 0 N–H and O–H groups in total. The monoisotopic (exact) mass is 211 g/mol. The van der Waals surface area contributed by atoms with Crippen molar-refractivity contribution in [1.29, 1.82) is 0 Å². The smallest absolute Gasteiger partial charge is 0.213 e. The fourth-order valence-electron chi connectivity index (χ4n) is 1.09. The van der Waals surface area contributed by atoms with E-state index >= 15 is 0 Å². The number of aromatic nitrogens is 1. The van der Waals surface area contributed by atoms with Crippen molar-refractivity contribution in [3.05, 3.63) is 23.9 Å². The molecule has 0 amide bonds. The van der Waals surface area contributed by atoms with E-state index in [2.05, 4.69) is 18.2 Å². The maximum absolute atomic E-state index is 5.53. The van der Waals surface area contributed by atoms with Gasteiger partial charge in [0.25, 0.3) is 0 Å². The van der Waals surface area contributed by atoms with Crippen LogP contribution in [-0.2, 0) is 0 Å². The molecule has 1 aromatic rings. The Labute approximate surface area is 90.1 Å². The average molecular weight is 211 g/mol. The van der Waals surface area contributed by atoms with Gasteiger partial charge in [0.15, 0.2) is 0 Å². The van der Waals surface area contributed by atoms with Crippen LogP contribution in [0.5, 0.6) is 5.88 Å². The third-order valence-corrected chi connectivity index (χ3v) is 2.82. The first-order valence-corrected chi connectivity index (χ1v) is 6.08. The molecule has 0 bridgehead atoms. The van der Waals surface area contributed by atoms with Gasteiger partial charge in [0, 0.05) is 11.3 Å². The molecule has 0 fully saturated rings. The molecule has 0 saturated heterocycles. The first-order valence-electron chi connectivity index (χ1n) is 4.80. The second-order valence-electron chi connectivity index (χ2n) is 3.45. The standard InChI is InChI=1S/C11H17NOS/c1-8(2)13-11-7-5-6-10(12-11)9(3)14-4/h5-9H,1-4H3. The Kier molecular flexibility index (Phi) is 4.26. The highest BCUT2D eigenvalue weighted by Crippen LogP contribution is 2.25. The fourth-order valence-corrected chi connectivity index (χ4v) is 1.46. The maximum Gasteiger partial charge on any atom is 0.213 e. The molecule has 0 saturated carbocycles. The van der Waals surface area contributed by atoms with Crippen LogP contribution in [0, 0.1) is 0 Å². The molecule has 14 heavy (non-hydrogen) atoms. The maximum atomic E-state index is 5.53. The first kappa shape index (κ1) is 11.4. The van der Waals surface area contributed by atoms with Crippen molar-refractivity contribution in [2.75, 3.05) is 6.26 Å². The zero-order chi connectivity index (χ0) is 10.6. The van der Waals surface area contributed by atoms with Crippen molar-refractivity contribution >= 4 is 11.8 Å². The minimum absolute atomic E-state index is 0.183. The van der Waals surface area contributed by atoms with Gasteiger partial charge in [-0.3, -0.25) is 0 Å². The second-order valence-corrected chi connectivity index (χ2v) is 4.62. The minimum atomic E-state index is 0.183. The molecule has 1 heterocycles. The van der Waals surface area contributed by atoms with Crippen molar-refractivity contribution in [1.82, 2.24) is 4.98 Å². The molecule has 1 aromatic heterocycles. The molecule has 0 aliphatic carbocycles. The van der Waals surface area contributed by atoms with E-state index in [0.29, 0.717) is 5.25 Å². The van der Waals surface area contributed by atoms with Gasteiger partial charge < -0.3 is 4.74 Å². The molecule has 0 aliphatic heterocycles. The molecule has 1 rings (SSSR count). The van der Waals surface area contributed by atoms with Crippen LogP contribution < -0.4 is 4.74 Å². The summed E-state index contributed by atoms with van der Waals surface area (Å²) in [5, 5.41) is 0.422. The highest BCUT2D eigenvalue weighted by atomic mass is 32.2. The molecule has 0 aliphatic rings. The van der Waals surface area contributed by atoms with Gasteiger partial charge in [-0.2, -0.15) is 11.8 Å². The highest BCUT2D eigenvalue weighted by Gasteiger charge is 2.06. The van der Waals surface area contributed by atoms with E-state index in [4.69, 9.17) is 4.74 Å². The average Bonchev–Trinajstić information content (AvgIpc) is 2.16. The Bertz CT molecular complexity index is 288. The van der Waals surface area contributed by atoms with Crippen LogP contribution in [0.4, 0.5) is 0 Å². The van der Waals surface area contributed by atoms with Crippen LogP contribution >= 0.6 is 11.8 Å². The summed E-state index contributed by atoms with van der Waals surface area (Å²) in [6.07, 6.45) is 2.27. The van der Waals surface area contributed by atoms with Gasteiger partial charge in [-0.05, 0) is 33.1 Å². The number of rotatable bonds is 4. The summed E-state index contributed by atoms with van der Waals surface area (Å²) in [4.78, 5) is 4.44. The Morgan fingerprint density at radius 1 is 1.29 bits per heavy atom. The quantitative estimate of drug-likeness (QED) is 0.763. The van der Waals surface area contributed by atoms with Gasteiger partial charge in [-0.25, -0.2) is 4.98 Å². The largest absolute Gasteiger partial charge is 0.475 e. The summed E-state index contributed by atoms with van der Waals surface area (Å²) in [6.45, 7) is 6.16. The van der Waals surface area contributed by atoms with Crippen molar-refractivity contribution < 1.29 is 4.74 Å². The molecule has 2 nitrogen and oxygen atoms in total. The van der Waals surface area contributed by atoms with E-state index < -0.39 is 0 Å². The summed E-state index contributed by atoms with van der Waals surface area (Å²) in [6, 6.07) is 5.93. The number of ether oxygens (including phenoxy) is 1. The van der Waals surface area contributed by atoms with Crippen LogP contribution in [0.25, 0.3) is 0 Å². The van der Waals surface area contributed by atoms with E-state index in [9.17, 15) is 0 Å². The van der Waals surface area contributed by atoms with Crippen LogP contribution in [-0.4, -0.2) is 17.3 Å². The van der Waals surface area contributed by atoms with Crippen molar-refractivity contribution in [3.63, 3.8) is 0 Å². The van der Waals surface area contributed by atoms with Crippen LogP contribution in [0.2, 0.25) is 0 Å². The first-order chi connectivity index (χ1) is 6.63. The van der Waals surface area contributed by atoms with E-state index in [1.165, 1.54) is 0 Å². The molecule has 3 heteroatoms. The molecule has 78 valence electrons. The van der Waals surface area contributed by atoms with Gasteiger partial charge >= 0.3 is 0 Å². The minimum Gasteiger partial charge on any atom is -0.475 e. The molecule has 1 unspecified atom stereocenters. The lowest BCUT2D eigenvalue weighted by molar-refractivity contribution is 0.232. The molecular formula is C11H17NOS. The van der Waals surface area contributed by atoms with Gasteiger partial charge in [0.1, 0.15) is 0 Å². The third kappa shape index (κ3) is 3.22. The van der Waals surface area contributed by atoms with Gasteiger partial charge in [-0.1, -0.05) is 6.07 Å². The third-order valence-electron chi connectivity index (χ3n) is 1.87. The Morgan fingerprint density at radius 2 is 2.00 bits per heavy atom. The fraction of sp³-hybridized carbons (Fsp3) is 0.545. The Balaban J connectivity index is 2.78. The Hall–Kier alpha value is -0.700. The molecule has 1 atom stereocenters. The van der Waals surface area contributed by atoms with Crippen LogP contribution in [0.3, 0.4) is 0 Å². The predicted molar refractivity (Wildman–Crippen MR) is 61.9 cm³/mol. The zero-order valence-electron chi connectivity index (χ0n) is 9.15. The highest BCUT2D eigenvalue weighted by molar-refractivity contribution is 7.98. The number of thioether (sulfide) groups is 1. The van der Waals surface area contributed by atoms with Crippen molar-refractivity contribution in [3.8, 4) is 5.88 Å². The summed E-state index contributed by atoms with van der Waals surface area (Å²) < 4.78 is 5.53. The number of hydrogen-bond donors (Lipinski definition) is 0. The number of pyridine rings is 1. The van der Waals surface area contributed by atoms with E-state index in [-0.39, 0.29) is 6.10 Å². The summed E-state index contributed by atoms with van der Waals surface area (Å²) in [5.74, 6) is 0.721. The summed E-state index contributed by atoms with van der Waals surface area (Å²) >= 11 is 1.79. The Morgan fingerprint density at radius 3 is 2.57 bits per heavy atom. The topological polar surface area (TPSA) is 22.1 Å². The summed E-state index contributed by atoms with van der Waals surface area (Å²) in [5.41, 5.74) is 1.08. The molecule has 0 spiro atoms. The number of nitrogens with zero attached hydrogens (tertiary/aromatic N) is 1. The van der Waals surface area contributed by atoms with Crippen LogP contribution in [0.15, 0.2) is 18.2 Å². The second kappa shape index (κ2) is 5.25. The molecule has 0 aromatic carbocycles. The molecule has 0 radical (unpaired) electrons. The summed E-state index contributed by atoms with van der Waals surface area (Å²) in [7, 11) is 0. The lowest BCUT2D eigenvalue weighted by Gasteiger charge is -2.12. The lowest BCUT2D eigenvalue weighted by atomic mass is 10.3. The van der Waals surface area contributed by atoms with Gasteiger partial charge in [0.2, 0.25) is 5.88 Å². The zero-order valence-corrected chi connectivity index (χ0v) is 9.97. The van der Waals surface area contributed by atoms with Gasteiger partial charge in [0.05, 0.1) is 11.8 Å². The van der Waals surface area contributed by atoms with Crippen molar-refractivity contribution in [2.24, 2.45) is 0 Å². The lowest BCUT2D eigenvalue weighted by Crippen LogP contribution is -2.07. The van der Waals surface area contributed by atoms with E-state index in [1.54, 1.807) is 11.8 Å². The molecular weight excluding hydrogens is 194 g/mol. The van der Waals surface area contributed by atoms with Crippen molar-refractivity contribution in [2.45, 2.75) is 32.1 Å². The SMILES string of the molecule is CSC(C)c1cccc(OC(C)C)n1. The van der Waals surface area contributed by atoms with E-state index in [1.807, 2.05) is 32.0 Å². The van der Waals surface area contributed by atoms with Crippen LogP contribution in [0.1, 0.15) is 31.7 Å². The number of hydrogen-bond acceptors (Lipinski definition) is 3. The van der Waals surface area contributed by atoms with Gasteiger partial charge in [-0.15, -0.1) is 0 Å². The normalized spacial score (nSPS) is 12.9. The van der Waals surface area contributed by atoms with E-state index in [0.717, 1.165) is 11.6 Å².